The maximum Gasteiger partial charge on any atom is 0.338 e. The summed E-state index contributed by atoms with van der Waals surface area (Å²) in [5, 5.41) is 13.5. The van der Waals surface area contributed by atoms with Crippen molar-refractivity contribution in [3.8, 4) is 11.5 Å². The summed E-state index contributed by atoms with van der Waals surface area (Å²) in [6, 6.07) is 10.3. The van der Waals surface area contributed by atoms with Crippen LogP contribution in [-0.4, -0.2) is 37.1 Å². The Morgan fingerprint density at radius 1 is 1.11 bits per heavy atom. The maximum absolute atomic E-state index is 12.0. The van der Waals surface area contributed by atoms with E-state index in [0.29, 0.717) is 12.4 Å². The number of rotatable bonds is 9. The third-order valence-electron chi connectivity index (χ3n) is 3.57. The molecule has 9 nitrogen and oxygen atoms in total. The zero-order valence-electron chi connectivity index (χ0n) is 15.5. The van der Waals surface area contributed by atoms with E-state index >= 15 is 0 Å². The van der Waals surface area contributed by atoms with Gasteiger partial charge in [0.2, 0.25) is 0 Å². The topological polar surface area (TPSA) is 117 Å². The lowest BCUT2D eigenvalue weighted by atomic mass is 10.2. The smallest absolute Gasteiger partial charge is 0.338 e. The number of nitro benzene ring substituents is 1. The van der Waals surface area contributed by atoms with Crippen LogP contribution in [-0.2, 0) is 9.53 Å². The molecule has 0 saturated carbocycles. The second-order valence-electron chi connectivity index (χ2n) is 5.64. The van der Waals surface area contributed by atoms with Gasteiger partial charge in [-0.05, 0) is 42.8 Å². The molecule has 2 rings (SSSR count). The fourth-order valence-electron chi connectivity index (χ4n) is 2.20. The molecule has 9 heteroatoms. The van der Waals surface area contributed by atoms with Crippen LogP contribution in [0.4, 0.5) is 11.4 Å². The SMILES string of the molecule is CCCOc1ccc(C(=O)OCC(=O)Nc2ccc(OC)cc2[N+](=O)[O-])cc1. The van der Waals surface area contributed by atoms with Crippen LogP contribution in [0.15, 0.2) is 42.5 Å². The largest absolute Gasteiger partial charge is 0.496 e. The van der Waals surface area contributed by atoms with Crippen molar-refractivity contribution in [2.24, 2.45) is 0 Å². The van der Waals surface area contributed by atoms with Crippen molar-refractivity contribution in [1.82, 2.24) is 0 Å². The summed E-state index contributed by atoms with van der Waals surface area (Å²) in [4.78, 5) is 34.5. The highest BCUT2D eigenvalue weighted by Gasteiger charge is 2.18. The molecule has 28 heavy (non-hydrogen) atoms. The first-order valence-corrected chi connectivity index (χ1v) is 8.47. The van der Waals surface area contributed by atoms with Crippen molar-refractivity contribution in [2.45, 2.75) is 13.3 Å². The first-order chi connectivity index (χ1) is 13.4. The molecular formula is C19H20N2O7. The third kappa shape index (κ3) is 5.70. The highest BCUT2D eigenvalue weighted by atomic mass is 16.6. The summed E-state index contributed by atoms with van der Waals surface area (Å²) in [5.41, 5.74) is -0.0990. The van der Waals surface area contributed by atoms with Crippen molar-refractivity contribution in [3.05, 3.63) is 58.1 Å². The van der Waals surface area contributed by atoms with Crippen LogP contribution in [0.5, 0.6) is 11.5 Å². The number of carbonyl (C=O) groups is 2. The molecule has 1 N–H and O–H groups in total. The van der Waals surface area contributed by atoms with Gasteiger partial charge >= 0.3 is 5.97 Å². The van der Waals surface area contributed by atoms with Gasteiger partial charge in [-0.15, -0.1) is 0 Å². The molecule has 0 atom stereocenters. The van der Waals surface area contributed by atoms with E-state index in [1.165, 1.54) is 37.4 Å². The molecule has 2 aromatic rings. The van der Waals surface area contributed by atoms with Crippen LogP contribution < -0.4 is 14.8 Å². The normalized spacial score (nSPS) is 10.1. The van der Waals surface area contributed by atoms with Crippen molar-refractivity contribution >= 4 is 23.3 Å². The number of benzene rings is 2. The van der Waals surface area contributed by atoms with E-state index < -0.39 is 23.4 Å². The number of nitro groups is 1. The molecule has 0 aliphatic carbocycles. The third-order valence-corrected chi connectivity index (χ3v) is 3.57. The second-order valence-corrected chi connectivity index (χ2v) is 5.64. The molecule has 0 unspecified atom stereocenters. The molecule has 2 aromatic carbocycles. The van der Waals surface area contributed by atoms with Crippen molar-refractivity contribution < 1.29 is 28.7 Å². The van der Waals surface area contributed by atoms with Crippen molar-refractivity contribution in [2.75, 3.05) is 25.6 Å². The van der Waals surface area contributed by atoms with Crippen molar-refractivity contribution in [1.29, 1.82) is 0 Å². The highest BCUT2D eigenvalue weighted by molar-refractivity contribution is 5.96. The van der Waals surface area contributed by atoms with Gasteiger partial charge in [-0.25, -0.2) is 4.79 Å². The Morgan fingerprint density at radius 2 is 1.79 bits per heavy atom. The molecule has 0 bridgehead atoms. The Kier molecular flexibility index (Phi) is 7.32. The summed E-state index contributed by atoms with van der Waals surface area (Å²) in [5.74, 6) is -0.489. The minimum atomic E-state index is -0.704. The number of amides is 1. The number of carbonyl (C=O) groups excluding carboxylic acids is 2. The number of nitrogens with one attached hydrogen (secondary N) is 1. The minimum Gasteiger partial charge on any atom is -0.496 e. The Labute approximate surface area is 161 Å². The Bertz CT molecular complexity index is 850. The Balaban J connectivity index is 1.93. The molecule has 0 saturated heterocycles. The van der Waals surface area contributed by atoms with E-state index in [0.717, 1.165) is 6.42 Å². The van der Waals surface area contributed by atoms with E-state index in [2.05, 4.69) is 5.32 Å². The Morgan fingerprint density at radius 3 is 2.39 bits per heavy atom. The quantitative estimate of drug-likeness (QED) is 0.398. The number of anilines is 1. The Hall–Kier alpha value is -3.62. The van der Waals surface area contributed by atoms with Gasteiger partial charge in [-0.2, -0.15) is 0 Å². The summed E-state index contributed by atoms with van der Waals surface area (Å²) >= 11 is 0. The number of esters is 1. The van der Waals surface area contributed by atoms with Crippen LogP contribution in [0.1, 0.15) is 23.7 Å². The van der Waals surface area contributed by atoms with E-state index in [9.17, 15) is 19.7 Å². The maximum atomic E-state index is 12.0. The standard InChI is InChI=1S/C19H20N2O7/c1-3-10-27-14-6-4-13(5-7-14)19(23)28-12-18(22)20-16-9-8-15(26-2)11-17(16)21(24)25/h4-9,11H,3,10,12H2,1-2H3,(H,20,22). The second kappa shape index (κ2) is 9.91. The molecule has 0 heterocycles. The molecule has 0 radical (unpaired) electrons. The van der Waals surface area contributed by atoms with Gasteiger partial charge in [0.25, 0.3) is 11.6 Å². The van der Waals surface area contributed by atoms with Crippen LogP contribution in [0.25, 0.3) is 0 Å². The molecule has 0 aliphatic rings. The average Bonchev–Trinajstić information content (AvgIpc) is 2.71. The summed E-state index contributed by atoms with van der Waals surface area (Å²) in [7, 11) is 1.37. The number of hydrogen-bond donors (Lipinski definition) is 1. The lowest BCUT2D eigenvalue weighted by molar-refractivity contribution is -0.384. The lowest BCUT2D eigenvalue weighted by Gasteiger charge is -2.09. The van der Waals surface area contributed by atoms with Gasteiger partial charge in [-0.3, -0.25) is 14.9 Å². The van der Waals surface area contributed by atoms with Gasteiger partial charge in [0, 0.05) is 0 Å². The fourth-order valence-corrected chi connectivity index (χ4v) is 2.20. The monoisotopic (exact) mass is 388 g/mol. The lowest BCUT2D eigenvalue weighted by Crippen LogP contribution is -2.21. The van der Waals surface area contributed by atoms with E-state index in [-0.39, 0.29) is 22.7 Å². The van der Waals surface area contributed by atoms with Gasteiger partial charge in [0.1, 0.15) is 17.2 Å². The number of nitrogens with zero attached hydrogens (tertiary/aromatic N) is 1. The molecule has 0 fully saturated rings. The summed E-state index contributed by atoms with van der Waals surface area (Å²) in [6.45, 7) is 1.97. The molecule has 0 aromatic heterocycles. The minimum absolute atomic E-state index is 0.0238. The zero-order valence-corrected chi connectivity index (χ0v) is 15.5. The number of ether oxygens (including phenoxy) is 3. The van der Waals surface area contributed by atoms with Crippen LogP contribution in [0.2, 0.25) is 0 Å². The fraction of sp³-hybridized carbons (Fsp3) is 0.263. The highest BCUT2D eigenvalue weighted by Crippen LogP contribution is 2.28. The first-order valence-electron chi connectivity index (χ1n) is 8.47. The number of hydrogen-bond acceptors (Lipinski definition) is 7. The summed E-state index contributed by atoms with van der Waals surface area (Å²) in [6.07, 6.45) is 0.866. The van der Waals surface area contributed by atoms with Gasteiger partial charge in [0.15, 0.2) is 6.61 Å². The van der Waals surface area contributed by atoms with E-state index in [4.69, 9.17) is 14.2 Å². The molecule has 148 valence electrons. The summed E-state index contributed by atoms with van der Waals surface area (Å²) < 4.78 is 15.3. The molecule has 0 spiro atoms. The van der Waals surface area contributed by atoms with Gasteiger partial charge < -0.3 is 19.5 Å². The van der Waals surface area contributed by atoms with Crippen LogP contribution in [0.3, 0.4) is 0 Å². The molecular weight excluding hydrogens is 368 g/mol. The van der Waals surface area contributed by atoms with Gasteiger partial charge in [0.05, 0.1) is 30.3 Å². The average molecular weight is 388 g/mol. The predicted molar refractivity (Wildman–Crippen MR) is 101 cm³/mol. The van der Waals surface area contributed by atoms with Crippen LogP contribution in [0, 0.1) is 10.1 Å². The van der Waals surface area contributed by atoms with E-state index in [1.807, 2.05) is 6.92 Å². The van der Waals surface area contributed by atoms with Gasteiger partial charge in [-0.1, -0.05) is 6.92 Å². The molecule has 0 aliphatic heterocycles. The first kappa shape index (κ1) is 20.7. The predicted octanol–water partition coefficient (Wildman–Crippen LogP) is 3.19. The molecule has 1 amide bonds. The zero-order chi connectivity index (χ0) is 20.5. The van der Waals surface area contributed by atoms with Crippen molar-refractivity contribution in [3.63, 3.8) is 0 Å². The van der Waals surface area contributed by atoms with Crippen LogP contribution >= 0.6 is 0 Å². The number of methoxy groups -OCH3 is 1. The van der Waals surface area contributed by atoms with E-state index in [1.54, 1.807) is 12.1 Å².